The van der Waals surface area contributed by atoms with Crippen LogP contribution in [0.15, 0.2) is 42.6 Å². The van der Waals surface area contributed by atoms with Gasteiger partial charge in [0.2, 0.25) is 0 Å². The monoisotopic (exact) mass is 317 g/mol. The lowest BCUT2D eigenvalue weighted by molar-refractivity contribution is 0.0727. The molecule has 1 heterocycles. The number of nitrogens with zero attached hydrogens (tertiary/aromatic N) is 2. The first-order chi connectivity index (χ1) is 10.1. The molecule has 0 radical (unpaired) electrons. The maximum absolute atomic E-state index is 12.8. The van der Waals surface area contributed by atoms with Crippen LogP contribution in [0.25, 0.3) is 0 Å². The Morgan fingerprint density at radius 1 is 1.32 bits per heavy atom. The summed E-state index contributed by atoms with van der Waals surface area (Å²) in [6.45, 7) is 2.50. The minimum atomic E-state index is 0. The number of anilines is 1. The van der Waals surface area contributed by atoms with Crippen molar-refractivity contribution in [3.8, 4) is 0 Å². The van der Waals surface area contributed by atoms with E-state index in [9.17, 15) is 4.79 Å². The molecule has 2 aromatic rings. The fourth-order valence-corrected chi connectivity index (χ4v) is 2.44. The number of carbonyl (C=O) groups is 1. The highest BCUT2D eigenvalue weighted by Crippen LogP contribution is 2.30. The van der Waals surface area contributed by atoms with Crippen LogP contribution in [0.1, 0.15) is 34.5 Å². The van der Waals surface area contributed by atoms with E-state index in [4.69, 9.17) is 5.73 Å². The third-order valence-corrected chi connectivity index (χ3v) is 3.80. The van der Waals surface area contributed by atoms with Crippen molar-refractivity contribution in [3.05, 3.63) is 59.4 Å². The normalized spacial score (nSPS) is 13.3. The number of amides is 1. The molecule has 2 N–H and O–H groups in total. The van der Waals surface area contributed by atoms with Crippen LogP contribution in [0.3, 0.4) is 0 Å². The van der Waals surface area contributed by atoms with Crippen molar-refractivity contribution in [1.82, 2.24) is 9.88 Å². The van der Waals surface area contributed by atoms with Gasteiger partial charge in [-0.15, -0.1) is 12.4 Å². The highest BCUT2D eigenvalue weighted by Gasteiger charge is 2.33. The van der Waals surface area contributed by atoms with Crippen molar-refractivity contribution in [3.63, 3.8) is 0 Å². The minimum Gasteiger partial charge on any atom is -0.399 e. The summed E-state index contributed by atoms with van der Waals surface area (Å²) < 4.78 is 0. The zero-order valence-electron chi connectivity index (χ0n) is 12.5. The Labute approximate surface area is 136 Å². The van der Waals surface area contributed by atoms with E-state index in [0.717, 1.165) is 24.1 Å². The predicted octanol–water partition coefficient (Wildman–Crippen LogP) is 3.20. The van der Waals surface area contributed by atoms with Crippen molar-refractivity contribution >= 4 is 24.0 Å². The van der Waals surface area contributed by atoms with E-state index in [1.807, 2.05) is 42.2 Å². The first-order valence-corrected chi connectivity index (χ1v) is 7.22. The van der Waals surface area contributed by atoms with Crippen LogP contribution < -0.4 is 5.73 Å². The Kier molecular flexibility index (Phi) is 5.03. The van der Waals surface area contributed by atoms with Gasteiger partial charge in [-0.25, -0.2) is 0 Å². The van der Waals surface area contributed by atoms with Crippen molar-refractivity contribution in [2.45, 2.75) is 32.4 Å². The van der Waals surface area contributed by atoms with E-state index >= 15 is 0 Å². The van der Waals surface area contributed by atoms with Gasteiger partial charge in [-0.05, 0) is 49.6 Å². The van der Waals surface area contributed by atoms with E-state index in [1.54, 1.807) is 12.3 Å². The maximum atomic E-state index is 12.8. The molecule has 0 unspecified atom stereocenters. The summed E-state index contributed by atoms with van der Waals surface area (Å²) >= 11 is 0. The Balaban J connectivity index is 0.00000176. The van der Waals surface area contributed by atoms with Gasteiger partial charge in [-0.3, -0.25) is 9.78 Å². The first-order valence-electron chi connectivity index (χ1n) is 7.22. The molecular formula is C17H20ClN3O. The molecule has 22 heavy (non-hydrogen) atoms. The summed E-state index contributed by atoms with van der Waals surface area (Å²) in [7, 11) is 0. The molecule has 1 saturated carbocycles. The second kappa shape index (κ2) is 6.79. The van der Waals surface area contributed by atoms with Gasteiger partial charge in [-0.1, -0.05) is 12.1 Å². The smallest absolute Gasteiger partial charge is 0.254 e. The molecule has 1 aliphatic carbocycles. The number of carbonyl (C=O) groups excluding carboxylic acids is 1. The van der Waals surface area contributed by atoms with E-state index in [0.29, 0.717) is 23.8 Å². The molecule has 3 rings (SSSR count). The molecule has 1 fully saturated rings. The molecule has 1 aromatic heterocycles. The average Bonchev–Trinajstić information content (AvgIpc) is 3.32. The predicted molar refractivity (Wildman–Crippen MR) is 90.0 cm³/mol. The topological polar surface area (TPSA) is 59.2 Å². The number of benzene rings is 1. The summed E-state index contributed by atoms with van der Waals surface area (Å²) in [5, 5.41) is 0. The third-order valence-electron chi connectivity index (χ3n) is 3.80. The molecule has 0 saturated heterocycles. The second-order valence-electron chi connectivity index (χ2n) is 5.56. The van der Waals surface area contributed by atoms with Crippen LogP contribution in [0, 0.1) is 6.92 Å². The third kappa shape index (κ3) is 3.57. The molecule has 5 heteroatoms. The Morgan fingerprint density at radius 2 is 2.09 bits per heavy atom. The lowest BCUT2D eigenvalue weighted by Gasteiger charge is -2.23. The van der Waals surface area contributed by atoms with Crippen LogP contribution >= 0.6 is 12.4 Å². The van der Waals surface area contributed by atoms with Gasteiger partial charge in [-0.2, -0.15) is 0 Å². The largest absolute Gasteiger partial charge is 0.399 e. The summed E-state index contributed by atoms with van der Waals surface area (Å²) in [5.74, 6) is 0.0490. The molecule has 0 aliphatic heterocycles. The van der Waals surface area contributed by atoms with Gasteiger partial charge in [0.1, 0.15) is 0 Å². The van der Waals surface area contributed by atoms with Crippen LogP contribution in [0.4, 0.5) is 5.69 Å². The molecule has 0 spiro atoms. The Morgan fingerprint density at radius 3 is 2.73 bits per heavy atom. The molecule has 1 aliphatic rings. The van der Waals surface area contributed by atoms with E-state index in [-0.39, 0.29) is 18.3 Å². The summed E-state index contributed by atoms with van der Waals surface area (Å²) in [6, 6.07) is 11.6. The number of nitrogen functional groups attached to an aromatic ring is 1. The van der Waals surface area contributed by atoms with Crippen molar-refractivity contribution < 1.29 is 4.79 Å². The molecule has 116 valence electrons. The SMILES string of the molecule is Cc1ccc(N)cc1C(=O)N(Cc1ccccn1)C1CC1.Cl. The first kappa shape index (κ1) is 16.3. The number of rotatable bonds is 4. The molecule has 0 atom stereocenters. The van der Waals surface area contributed by atoms with E-state index in [2.05, 4.69) is 4.98 Å². The molecule has 1 aromatic carbocycles. The molecule has 1 amide bonds. The summed E-state index contributed by atoms with van der Waals surface area (Å²) in [5.41, 5.74) is 9.02. The number of halogens is 1. The number of hydrogen-bond donors (Lipinski definition) is 1. The number of aromatic nitrogens is 1. The van der Waals surface area contributed by atoms with Crippen molar-refractivity contribution in [2.75, 3.05) is 5.73 Å². The highest BCUT2D eigenvalue weighted by atomic mass is 35.5. The Bertz CT molecular complexity index is 656. The quantitative estimate of drug-likeness (QED) is 0.881. The Hall–Kier alpha value is -2.07. The number of hydrogen-bond acceptors (Lipinski definition) is 3. The summed E-state index contributed by atoms with van der Waals surface area (Å²) in [4.78, 5) is 19.1. The van der Waals surface area contributed by atoms with E-state index in [1.165, 1.54) is 0 Å². The zero-order valence-corrected chi connectivity index (χ0v) is 13.3. The van der Waals surface area contributed by atoms with Crippen LogP contribution in [-0.2, 0) is 6.54 Å². The van der Waals surface area contributed by atoms with Crippen molar-refractivity contribution in [1.29, 1.82) is 0 Å². The number of nitrogens with two attached hydrogens (primary N) is 1. The van der Waals surface area contributed by atoms with Crippen LogP contribution in [0.2, 0.25) is 0 Å². The van der Waals surface area contributed by atoms with Gasteiger partial charge in [0.05, 0.1) is 12.2 Å². The fraction of sp³-hybridized carbons (Fsp3) is 0.294. The molecule has 0 bridgehead atoms. The summed E-state index contributed by atoms with van der Waals surface area (Å²) in [6.07, 6.45) is 3.90. The molecule has 4 nitrogen and oxygen atoms in total. The van der Waals surface area contributed by atoms with E-state index < -0.39 is 0 Å². The maximum Gasteiger partial charge on any atom is 0.254 e. The zero-order chi connectivity index (χ0) is 14.8. The van der Waals surface area contributed by atoms with Gasteiger partial charge in [0.15, 0.2) is 0 Å². The minimum absolute atomic E-state index is 0. The lowest BCUT2D eigenvalue weighted by atomic mass is 10.1. The van der Waals surface area contributed by atoms with Gasteiger partial charge in [0.25, 0.3) is 5.91 Å². The number of aryl methyl sites for hydroxylation is 1. The van der Waals surface area contributed by atoms with Crippen molar-refractivity contribution in [2.24, 2.45) is 0 Å². The highest BCUT2D eigenvalue weighted by molar-refractivity contribution is 5.96. The standard InChI is InChI=1S/C17H19N3O.ClH/c1-12-5-6-13(18)10-16(12)17(21)20(15-7-8-15)11-14-4-2-3-9-19-14;/h2-6,9-10,15H,7-8,11,18H2,1H3;1H. The number of pyridine rings is 1. The van der Waals surface area contributed by atoms with Crippen LogP contribution in [0.5, 0.6) is 0 Å². The fourth-order valence-electron chi connectivity index (χ4n) is 2.44. The van der Waals surface area contributed by atoms with Crippen LogP contribution in [-0.4, -0.2) is 21.8 Å². The average molecular weight is 318 g/mol. The molecular weight excluding hydrogens is 298 g/mol. The lowest BCUT2D eigenvalue weighted by Crippen LogP contribution is -2.33. The van der Waals surface area contributed by atoms with Gasteiger partial charge < -0.3 is 10.6 Å². The van der Waals surface area contributed by atoms with Gasteiger partial charge in [0, 0.05) is 23.5 Å². The second-order valence-corrected chi connectivity index (χ2v) is 5.56. The van der Waals surface area contributed by atoms with Gasteiger partial charge >= 0.3 is 0 Å².